The van der Waals surface area contributed by atoms with Crippen LogP contribution in [0.15, 0.2) is 23.2 Å². The van der Waals surface area contributed by atoms with E-state index in [1.807, 2.05) is 26.0 Å². The lowest BCUT2D eigenvalue weighted by Gasteiger charge is -2.21. The van der Waals surface area contributed by atoms with Crippen LogP contribution in [-0.2, 0) is 0 Å². The van der Waals surface area contributed by atoms with Crippen molar-refractivity contribution in [3.8, 4) is 11.5 Å². The quantitative estimate of drug-likeness (QED) is 0.193. The van der Waals surface area contributed by atoms with Gasteiger partial charge in [-0.1, -0.05) is 6.07 Å². The van der Waals surface area contributed by atoms with E-state index >= 15 is 0 Å². The Kier molecular flexibility index (Phi) is 13.3. The van der Waals surface area contributed by atoms with E-state index in [1.165, 1.54) is 0 Å². The smallest absolute Gasteiger partial charge is 0.191 e. The third-order valence-electron chi connectivity index (χ3n) is 3.80. The van der Waals surface area contributed by atoms with Crippen LogP contribution in [-0.4, -0.2) is 44.3 Å². The fourth-order valence-corrected chi connectivity index (χ4v) is 2.54. The van der Waals surface area contributed by atoms with E-state index in [0.717, 1.165) is 36.1 Å². The number of hydrogen-bond donors (Lipinski definition) is 3. The molecule has 0 saturated carbocycles. The summed E-state index contributed by atoms with van der Waals surface area (Å²) in [6.07, 6.45) is 0. The summed E-state index contributed by atoms with van der Waals surface area (Å²) in [7, 11) is 0. The molecule has 0 aromatic heterocycles. The van der Waals surface area contributed by atoms with Crippen molar-refractivity contribution in [2.45, 2.75) is 60.0 Å². The van der Waals surface area contributed by atoms with Crippen molar-refractivity contribution in [1.29, 1.82) is 0 Å². The molecule has 0 saturated heterocycles. The highest BCUT2D eigenvalue weighted by molar-refractivity contribution is 14.0. The number of nitrogens with zero attached hydrogens (tertiary/aromatic N) is 1. The molecule has 0 fully saturated rings. The molecule has 1 atom stereocenters. The SMILES string of the molecule is CCNC(=NCCNC(C)(C)C)NC(C)c1ccc(OCC)c(OCC)c1.I. The van der Waals surface area contributed by atoms with Crippen LogP contribution in [0.4, 0.5) is 0 Å². The van der Waals surface area contributed by atoms with Gasteiger partial charge >= 0.3 is 0 Å². The van der Waals surface area contributed by atoms with Crippen molar-refractivity contribution < 1.29 is 9.47 Å². The Morgan fingerprint density at radius 1 is 1.07 bits per heavy atom. The standard InChI is InChI=1S/C21H38N4O2.HI/c1-8-22-20(23-13-14-24-21(5,6)7)25-16(4)17-11-12-18(26-9-2)19(15-17)27-10-3;/h11-12,15-16,24H,8-10,13-14H2,1-7H3,(H2,22,23,25);1H. The Morgan fingerprint density at radius 3 is 2.29 bits per heavy atom. The van der Waals surface area contributed by atoms with E-state index in [2.05, 4.69) is 61.6 Å². The van der Waals surface area contributed by atoms with E-state index < -0.39 is 0 Å². The predicted octanol–water partition coefficient (Wildman–Crippen LogP) is 4.11. The van der Waals surface area contributed by atoms with Gasteiger partial charge in [-0.05, 0) is 66.2 Å². The molecule has 0 bridgehead atoms. The Labute approximate surface area is 188 Å². The second kappa shape index (κ2) is 13.9. The van der Waals surface area contributed by atoms with E-state index in [9.17, 15) is 0 Å². The van der Waals surface area contributed by atoms with Crippen LogP contribution in [0, 0.1) is 0 Å². The molecule has 1 aromatic rings. The first-order valence-electron chi connectivity index (χ1n) is 10.00. The largest absolute Gasteiger partial charge is 0.490 e. The molecule has 0 aliphatic rings. The van der Waals surface area contributed by atoms with Gasteiger partial charge in [0.25, 0.3) is 0 Å². The Morgan fingerprint density at radius 2 is 1.71 bits per heavy atom. The number of benzene rings is 1. The van der Waals surface area contributed by atoms with Gasteiger partial charge in [-0.3, -0.25) is 4.99 Å². The molecular formula is C21H39IN4O2. The molecule has 7 heteroatoms. The third-order valence-corrected chi connectivity index (χ3v) is 3.80. The van der Waals surface area contributed by atoms with Gasteiger partial charge in [0, 0.05) is 18.6 Å². The molecule has 28 heavy (non-hydrogen) atoms. The molecule has 1 rings (SSSR count). The lowest BCUT2D eigenvalue weighted by molar-refractivity contribution is 0.287. The van der Waals surface area contributed by atoms with Crippen LogP contribution < -0.4 is 25.4 Å². The van der Waals surface area contributed by atoms with Crippen molar-refractivity contribution in [3.63, 3.8) is 0 Å². The van der Waals surface area contributed by atoms with Crippen molar-refractivity contribution >= 4 is 29.9 Å². The summed E-state index contributed by atoms with van der Waals surface area (Å²) in [5, 5.41) is 10.2. The Hall–Kier alpha value is -1.22. The summed E-state index contributed by atoms with van der Waals surface area (Å²) in [5.41, 5.74) is 1.23. The van der Waals surface area contributed by atoms with Gasteiger partial charge < -0.3 is 25.4 Å². The average Bonchev–Trinajstić information content (AvgIpc) is 2.59. The molecule has 162 valence electrons. The first-order chi connectivity index (χ1) is 12.8. The fraction of sp³-hybridized carbons (Fsp3) is 0.667. The number of hydrogen-bond acceptors (Lipinski definition) is 4. The van der Waals surface area contributed by atoms with Crippen LogP contribution in [0.3, 0.4) is 0 Å². The summed E-state index contributed by atoms with van der Waals surface area (Å²) < 4.78 is 11.4. The number of guanidine groups is 1. The lowest BCUT2D eigenvalue weighted by atomic mass is 10.1. The van der Waals surface area contributed by atoms with Crippen LogP contribution in [0.1, 0.15) is 60.1 Å². The summed E-state index contributed by atoms with van der Waals surface area (Å²) in [6.45, 7) is 18.2. The maximum Gasteiger partial charge on any atom is 0.191 e. The number of halogens is 1. The zero-order valence-electron chi connectivity index (χ0n) is 18.5. The van der Waals surface area contributed by atoms with E-state index in [0.29, 0.717) is 19.8 Å². The third kappa shape index (κ3) is 10.4. The van der Waals surface area contributed by atoms with Gasteiger partial charge in [0.2, 0.25) is 0 Å². The van der Waals surface area contributed by atoms with Gasteiger partial charge in [-0.15, -0.1) is 24.0 Å². The van der Waals surface area contributed by atoms with Gasteiger partial charge in [-0.25, -0.2) is 0 Å². The number of rotatable bonds is 10. The summed E-state index contributed by atoms with van der Waals surface area (Å²) in [4.78, 5) is 4.66. The van der Waals surface area contributed by atoms with Crippen LogP contribution in [0.5, 0.6) is 11.5 Å². The lowest BCUT2D eigenvalue weighted by Crippen LogP contribution is -2.40. The normalized spacial score (nSPS) is 12.8. The predicted molar refractivity (Wildman–Crippen MR) is 129 cm³/mol. The molecular weight excluding hydrogens is 467 g/mol. The summed E-state index contributed by atoms with van der Waals surface area (Å²) in [5.74, 6) is 2.37. The van der Waals surface area contributed by atoms with Gasteiger partial charge in [-0.2, -0.15) is 0 Å². The first-order valence-corrected chi connectivity index (χ1v) is 10.00. The Balaban J connectivity index is 0.00000729. The minimum atomic E-state index is 0. The molecule has 0 aliphatic carbocycles. The zero-order chi connectivity index (χ0) is 20.3. The van der Waals surface area contributed by atoms with Gasteiger partial charge in [0.05, 0.1) is 25.8 Å². The van der Waals surface area contributed by atoms with Gasteiger partial charge in [0.15, 0.2) is 17.5 Å². The maximum absolute atomic E-state index is 5.74. The van der Waals surface area contributed by atoms with E-state index in [1.54, 1.807) is 0 Å². The molecule has 0 spiro atoms. The fourth-order valence-electron chi connectivity index (χ4n) is 2.54. The minimum absolute atomic E-state index is 0. The molecule has 0 heterocycles. The van der Waals surface area contributed by atoms with E-state index in [4.69, 9.17) is 9.47 Å². The zero-order valence-corrected chi connectivity index (χ0v) is 20.8. The molecule has 0 aliphatic heterocycles. The maximum atomic E-state index is 5.74. The van der Waals surface area contributed by atoms with Crippen molar-refractivity contribution in [2.75, 3.05) is 32.8 Å². The molecule has 0 amide bonds. The topological polar surface area (TPSA) is 66.9 Å². The monoisotopic (exact) mass is 506 g/mol. The van der Waals surface area contributed by atoms with Crippen LogP contribution in [0.25, 0.3) is 0 Å². The molecule has 1 aromatic carbocycles. The van der Waals surface area contributed by atoms with Crippen molar-refractivity contribution in [2.24, 2.45) is 4.99 Å². The van der Waals surface area contributed by atoms with Gasteiger partial charge in [0.1, 0.15) is 0 Å². The van der Waals surface area contributed by atoms with Crippen molar-refractivity contribution in [1.82, 2.24) is 16.0 Å². The number of aliphatic imine (C=N–C) groups is 1. The highest BCUT2D eigenvalue weighted by Gasteiger charge is 2.13. The molecule has 0 radical (unpaired) electrons. The van der Waals surface area contributed by atoms with Crippen LogP contribution >= 0.6 is 24.0 Å². The molecule has 3 N–H and O–H groups in total. The average molecular weight is 506 g/mol. The van der Waals surface area contributed by atoms with E-state index in [-0.39, 0.29) is 35.6 Å². The second-order valence-electron chi connectivity index (χ2n) is 7.38. The van der Waals surface area contributed by atoms with Crippen molar-refractivity contribution in [3.05, 3.63) is 23.8 Å². The summed E-state index contributed by atoms with van der Waals surface area (Å²) in [6, 6.07) is 6.17. The number of ether oxygens (including phenoxy) is 2. The Bertz CT molecular complexity index is 588. The highest BCUT2D eigenvalue weighted by Crippen LogP contribution is 2.30. The van der Waals surface area contributed by atoms with Crippen LogP contribution in [0.2, 0.25) is 0 Å². The summed E-state index contributed by atoms with van der Waals surface area (Å²) >= 11 is 0. The molecule has 1 unspecified atom stereocenters. The highest BCUT2D eigenvalue weighted by atomic mass is 127. The first kappa shape index (κ1) is 26.8. The second-order valence-corrected chi connectivity index (χ2v) is 7.38. The minimum Gasteiger partial charge on any atom is -0.490 e. The number of nitrogens with one attached hydrogen (secondary N) is 3. The molecule has 6 nitrogen and oxygen atoms in total.